The van der Waals surface area contributed by atoms with Crippen molar-refractivity contribution in [2.75, 3.05) is 7.11 Å². The lowest BCUT2D eigenvalue weighted by molar-refractivity contribution is -0.134. The van der Waals surface area contributed by atoms with Gasteiger partial charge in [-0.15, -0.1) is 0 Å². The van der Waals surface area contributed by atoms with Gasteiger partial charge < -0.3 is 20.7 Å². The second kappa shape index (κ2) is 15.3. The molecule has 0 bridgehead atoms. The Morgan fingerprint density at radius 1 is 0.889 bits per heavy atom. The normalized spacial score (nSPS) is 18.2. The van der Waals surface area contributed by atoms with Gasteiger partial charge in [-0.05, 0) is 68.4 Å². The highest BCUT2D eigenvalue weighted by atomic mass is 16.5. The zero-order chi connectivity index (χ0) is 32.5. The molecule has 45 heavy (non-hydrogen) atoms. The summed E-state index contributed by atoms with van der Waals surface area (Å²) in [6, 6.07) is 23.9. The Balaban J connectivity index is 1.38. The molecule has 0 saturated heterocycles. The molecule has 0 aliphatic heterocycles. The van der Waals surface area contributed by atoms with E-state index in [0.717, 1.165) is 21.9 Å². The van der Waals surface area contributed by atoms with Crippen molar-refractivity contribution in [3.05, 3.63) is 83.9 Å². The van der Waals surface area contributed by atoms with E-state index in [-0.39, 0.29) is 35.5 Å². The van der Waals surface area contributed by atoms with Crippen LogP contribution in [0, 0.1) is 5.92 Å². The van der Waals surface area contributed by atoms with E-state index in [1.54, 1.807) is 0 Å². The summed E-state index contributed by atoms with van der Waals surface area (Å²) in [7, 11) is 1.53. The second-order valence-corrected chi connectivity index (χ2v) is 13.2. The number of ether oxygens (including phenoxy) is 1. The maximum Gasteiger partial charge on any atom is 0.248 e. The maximum absolute atomic E-state index is 13.7. The van der Waals surface area contributed by atoms with Crippen molar-refractivity contribution >= 4 is 34.3 Å². The van der Waals surface area contributed by atoms with Crippen molar-refractivity contribution in [1.29, 1.82) is 0 Å². The van der Waals surface area contributed by atoms with Gasteiger partial charge in [-0.3, -0.25) is 19.2 Å². The Morgan fingerprint density at radius 2 is 1.60 bits per heavy atom. The average Bonchev–Trinajstić information content (AvgIpc) is 3.73. The fourth-order valence-electron chi connectivity index (χ4n) is 5.84. The molecule has 0 radical (unpaired) electrons. The number of carbonyl (C=O) groups is 4. The van der Waals surface area contributed by atoms with E-state index in [1.165, 1.54) is 7.11 Å². The highest BCUT2D eigenvalue weighted by Crippen LogP contribution is 2.40. The zero-order valence-electron chi connectivity index (χ0n) is 27.0. The molecule has 3 aromatic rings. The van der Waals surface area contributed by atoms with Crippen molar-refractivity contribution in [2.24, 2.45) is 5.92 Å². The van der Waals surface area contributed by atoms with E-state index >= 15 is 0 Å². The molecule has 1 saturated carbocycles. The topological polar surface area (TPSA) is 114 Å². The van der Waals surface area contributed by atoms with E-state index in [1.807, 2.05) is 93.6 Å². The van der Waals surface area contributed by atoms with Gasteiger partial charge in [0.25, 0.3) is 0 Å². The molecular weight excluding hydrogens is 566 g/mol. The average molecular weight is 614 g/mol. The molecule has 1 aliphatic carbocycles. The van der Waals surface area contributed by atoms with Crippen molar-refractivity contribution in [3.8, 4) is 0 Å². The number of Topliss-reactive ketones (excluding diaryl/α,β-unsaturated/α-hetero) is 1. The fourth-order valence-corrected chi connectivity index (χ4v) is 5.84. The van der Waals surface area contributed by atoms with Crippen LogP contribution in [0.15, 0.2) is 72.8 Å². The van der Waals surface area contributed by atoms with E-state index in [9.17, 15) is 19.2 Å². The molecule has 0 aromatic heterocycles. The Kier molecular flexibility index (Phi) is 11.5. The van der Waals surface area contributed by atoms with Crippen LogP contribution < -0.4 is 16.0 Å². The van der Waals surface area contributed by atoms with Crippen LogP contribution in [0.25, 0.3) is 10.8 Å². The van der Waals surface area contributed by atoms with Crippen molar-refractivity contribution < 1.29 is 23.9 Å². The van der Waals surface area contributed by atoms with Gasteiger partial charge >= 0.3 is 0 Å². The van der Waals surface area contributed by atoms with Crippen molar-refractivity contribution in [3.63, 3.8) is 0 Å². The maximum atomic E-state index is 13.7. The summed E-state index contributed by atoms with van der Waals surface area (Å²) in [5.41, 5.74) is 0.547. The lowest BCUT2D eigenvalue weighted by atomic mass is 9.93. The number of amides is 3. The smallest absolute Gasteiger partial charge is 0.248 e. The summed E-state index contributed by atoms with van der Waals surface area (Å²) in [4.78, 5) is 52.6. The fraction of sp³-hybridized carbons (Fsp3) is 0.459. The van der Waals surface area contributed by atoms with Crippen LogP contribution in [0.2, 0.25) is 0 Å². The third kappa shape index (κ3) is 9.72. The lowest BCUT2D eigenvalue weighted by Gasteiger charge is -2.24. The Bertz CT molecular complexity index is 1480. The van der Waals surface area contributed by atoms with Crippen LogP contribution >= 0.6 is 0 Å². The summed E-state index contributed by atoms with van der Waals surface area (Å²) < 4.78 is 5.55. The molecule has 1 aliphatic rings. The van der Waals surface area contributed by atoms with Gasteiger partial charge in [0.2, 0.25) is 17.7 Å². The highest BCUT2D eigenvalue weighted by Gasteiger charge is 2.62. The first kappa shape index (κ1) is 33.8. The molecule has 240 valence electrons. The SMILES string of the molecule is CO[C@@H]1CC1(NC(=O)[C@@H](CCCC(=O)CCc1ccccc1)CCC(=O)NC(C)(C)C)C(=O)NCc1cccc2ccccc12. The third-order valence-electron chi connectivity index (χ3n) is 8.40. The zero-order valence-corrected chi connectivity index (χ0v) is 27.0. The van der Waals surface area contributed by atoms with Gasteiger partial charge in [-0.2, -0.15) is 0 Å². The first-order chi connectivity index (χ1) is 21.5. The van der Waals surface area contributed by atoms with Gasteiger partial charge in [-0.25, -0.2) is 0 Å². The van der Waals surface area contributed by atoms with Crippen LogP contribution in [0.3, 0.4) is 0 Å². The lowest BCUT2D eigenvalue weighted by Crippen LogP contribution is -2.53. The minimum atomic E-state index is -1.17. The number of nitrogens with one attached hydrogen (secondary N) is 3. The molecule has 3 N–H and O–H groups in total. The number of carbonyl (C=O) groups excluding carboxylic acids is 4. The largest absolute Gasteiger partial charge is 0.378 e. The number of methoxy groups -OCH3 is 1. The molecular formula is C37H47N3O5. The number of benzene rings is 3. The quantitative estimate of drug-likeness (QED) is 0.200. The summed E-state index contributed by atoms with van der Waals surface area (Å²) in [6.07, 6.45) is 2.88. The molecule has 1 unspecified atom stereocenters. The number of fused-ring (bicyclic) bond motifs is 1. The molecule has 0 spiro atoms. The number of aryl methyl sites for hydroxylation is 1. The van der Waals surface area contributed by atoms with Gasteiger partial charge in [0.05, 0.1) is 6.10 Å². The minimum absolute atomic E-state index is 0.136. The first-order valence-corrected chi connectivity index (χ1v) is 16.0. The molecule has 0 heterocycles. The van der Waals surface area contributed by atoms with Crippen LogP contribution in [-0.4, -0.2) is 47.8 Å². The predicted molar refractivity (Wildman–Crippen MR) is 176 cm³/mol. The van der Waals surface area contributed by atoms with Gasteiger partial charge in [0, 0.05) is 50.8 Å². The van der Waals surface area contributed by atoms with E-state index < -0.39 is 17.6 Å². The van der Waals surface area contributed by atoms with E-state index in [0.29, 0.717) is 51.5 Å². The summed E-state index contributed by atoms with van der Waals surface area (Å²) >= 11 is 0. The number of hydrogen-bond donors (Lipinski definition) is 3. The molecule has 3 amide bonds. The van der Waals surface area contributed by atoms with Crippen LogP contribution in [-0.2, 0) is 36.9 Å². The third-order valence-corrected chi connectivity index (χ3v) is 8.40. The molecule has 8 heteroatoms. The first-order valence-electron chi connectivity index (χ1n) is 16.0. The Hall–Kier alpha value is -4.04. The van der Waals surface area contributed by atoms with Gasteiger partial charge in [0.1, 0.15) is 11.3 Å². The van der Waals surface area contributed by atoms with Crippen molar-refractivity contribution in [1.82, 2.24) is 16.0 Å². The standard InChI is InChI=1S/C37H47N3O5/c1-36(2,3)39-33(42)23-21-28(16-11-18-30(41)22-20-26-12-6-5-7-13-26)34(43)40-37(24-32(37)45-4)35(44)38-25-29-17-10-15-27-14-8-9-19-31(27)29/h5-10,12-15,17,19,28,32H,11,16,18,20-25H2,1-4H3,(H,38,44)(H,39,42)(H,40,43)/t28-,32+,37?/m0/s1. The predicted octanol–water partition coefficient (Wildman–Crippen LogP) is 5.41. The van der Waals surface area contributed by atoms with Gasteiger partial charge in [0.15, 0.2) is 0 Å². The van der Waals surface area contributed by atoms with E-state index in [2.05, 4.69) is 16.0 Å². The Labute approximate surface area is 266 Å². The van der Waals surface area contributed by atoms with Crippen molar-refractivity contribution in [2.45, 2.75) is 95.9 Å². The van der Waals surface area contributed by atoms with Crippen LogP contribution in [0.5, 0.6) is 0 Å². The molecule has 3 aromatic carbocycles. The molecule has 4 rings (SSSR count). The van der Waals surface area contributed by atoms with Crippen LogP contribution in [0.4, 0.5) is 0 Å². The van der Waals surface area contributed by atoms with Gasteiger partial charge in [-0.1, -0.05) is 72.8 Å². The van der Waals surface area contributed by atoms with E-state index in [4.69, 9.17) is 4.74 Å². The summed E-state index contributed by atoms with van der Waals surface area (Å²) in [5, 5.41) is 11.1. The number of hydrogen-bond acceptors (Lipinski definition) is 5. The highest BCUT2D eigenvalue weighted by molar-refractivity contribution is 5.96. The minimum Gasteiger partial charge on any atom is -0.378 e. The molecule has 3 atom stereocenters. The second-order valence-electron chi connectivity index (χ2n) is 13.2. The molecule has 1 fully saturated rings. The summed E-state index contributed by atoms with van der Waals surface area (Å²) in [6.45, 7) is 6.05. The molecule has 8 nitrogen and oxygen atoms in total. The number of rotatable bonds is 16. The monoisotopic (exact) mass is 613 g/mol. The Morgan fingerprint density at radius 3 is 2.31 bits per heavy atom. The number of ketones is 1. The summed E-state index contributed by atoms with van der Waals surface area (Å²) in [5.74, 6) is -1.11. The van der Waals surface area contributed by atoms with Crippen LogP contribution in [0.1, 0.15) is 76.8 Å².